The summed E-state index contributed by atoms with van der Waals surface area (Å²) in [6, 6.07) is 6.08. The Morgan fingerprint density at radius 1 is 0.950 bits per heavy atom. The van der Waals surface area contributed by atoms with Gasteiger partial charge in [0.15, 0.2) is 0 Å². The van der Waals surface area contributed by atoms with Gasteiger partial charge in [0, 0.05) is 6.07 Å². The third kappa shape index (κ3) is 2.07. The maximum atomic E-state index is 13.1. The van der Waals surface area contributed by atoms with Crippen LogP contribution < -0.4 is 4.74 Å². The normalized spacial score (nSPS) is 17.1. The number of halogens is 4. The highest BCUT2D eigenvalue weighted by atomic mass is 32.2. The van der Waals surface area contributed by atoms with Crippen LogP contribution in [-0.2, 0) is 17.0 Å². The van der Waals surface area contributed by atoms with Gasteiger partial charge in [0.1, 0.15) is 17.3 Å². The van der Waals surface area contributed by atoms with Crippen molar-refractivity contribution >= 4 is 10.8 Å². The number of alkyl halides is 3. The van der Waals surface area contributed by atoms with Gasteiger partial charge >= 0.3 is 6.18 Å². The van der Waals surface area contributed by atoms with Gasteiger partial charge in [0.2, 0.25) is 0 Å². The molecule has 0 amide bonds. The molecule has 0 bridgehead atoms. The molecule has 0 saturated heterocycles. The highest BCUT2D eigenvalue weighted by Crippen LogP contribution is 2.42. The molecule has 2 aromatic rings. The lowest BCUT2D eigenvalue weighted by molar-refractivity contribution is -0.137. The molecule has 0 spiro atoms. The van der Waals surface area contributed by atoms with Crippen LogP contribution in [0.2, 0.25) is 0 Å². The molecular formula is C13H6F4O2S. The molecule has 104 valence electrons. The van der Waals surface area contributed by atoms with Gasteiger partial charge in [-0.15, -0.1) is 0 Å². The molecule has 20 heavy (non-hydrogen) atoms. The monoisotopic (exact) mass is 302 g/mol. The van der Waals surface area contributed by atoms with Gasteiger partial charge in [0.25, 0.3) is 0 Å². The van der Waals surface area contributed by atoms with Crippen LogP contribution in [0.25, 0.3) is 0 Å². The van der Waals surface area contributed by atoms with E-state index in [1.807, 2.05) is 0 Å². The van der Waals surface area contributed by atoms with E-state index in [4.69, 9.17) is 4.74 Å². The van der Waals surface area contributed by atoms with E-state index in [0.717, 1.165) is 30.3 Å². The largest absolute Gasteiger partial charge is 0.455 e. The standard InChI is InChI=1S/C13H6F4O2S/c14-8-2-4-11-10(6-8)19-9-3-1-7(13(15,16)17)5-12(9)20(11)18/h1-6H. The minimum Gasteiger partial charge on any atom is -0.455 e. The average Bonchev–Trinajstić information content (AvgIpc) is 2.37. The molecule has 2 nitrogen and oxygen atoms in total. The zero-order valence-electron chi connectivity index (χ0n) is 9.70. The molecule has 0 saturated carbocycles. The van der Waals surface area contributed by atoms with Crippen LogP contribution >= 0.6 is 0 Å². The van der Waals surface area contributed by atoms with Gasteiger partial charge in [-0.3, -0.25) is 0 Å². The molecular weight excluding hydrogens is 296 g/mol. The molecule has 1 unspecified atom stereocenters. The SMILES string of the molecule is O=S1c2ccc(F)cc2Oc2ccc(C(F)(F)F)cc21. The Hall–Kier alpha value is -1.89. The van der Waals surface area contributed by atoms with E-state index < -0.39 is 28.4 Å². The Bertz CT molecular complexity index is 725. The number of rotatable bonds is 0. The second-order valence-electron chi connectivity index (χ2n) is 4.12. The van der Waals surface area contributed by atoms with Crippen molar-refractivity contribution in [3.63, 3.8) is 0 Å². The molecule has 2 aromatic carbocycles. The number of benzene rings is 2. The second kappa shape index (κ2) is 4.31. The van der Waals surface area contributed by atoms with Gasteiger partial charge in [-0.2, -0.15) is 13.2 Å². The smallest absolute Gasteiger partial charge is 0.416 e. The molecule has 1 atom stereocenters. The van der Waals surface area contributed by atoms with Crippen molar-refractivity contribution in [1.29, 1.82) is 0 Å². The second-order valence-corrected chi connectivity index (χ2v) is 5.54. The van der Waals surface area contributed by atoms with Crippen LogP contribution in [0.5, 0.6) is 11.5 Å². The molecule has 0 fully saturated rings. The van der Waals surface area contributed by atoms with Gasteiger partial charge in [-0.1, -0.05) is 0 Å². The summed E-state index contributed by atoms with van der Waals surface area (Å²) >= 11 is 0. The van der Waals surface area contributed by atoms with Crippen molar-refractivity contribution in [3.8, 4) is 11.5 Å². The summed E-state index contributed by atoms with van der Waals surface area (Å²) in [5, 5.41) is 0. The molecule has 0 radical (unpaired) electrons. The lowest BCUT2D eigenvalue weighted by Crippen LogP contribution is -2.10. The van der Waals surface area contributed by atoms with Gasteiger partial charge in [-0.05, 0) is 30.3 Å². The van der Waals surface area contributed by atoms with Crippen molar-refractivity contribution in [3.05, 3.63) is 47.8 Å². The number of fused-ring (bicyclic) bond motifs is 2. The summed E-state index contributed by atoms with van der Waals surface area (Å²) in [5.74, 6) is -0.485. The van der Waals surface area contributed by atoms with E-state index in [1.54, 1.807) is 0 Å². The van der Waals surface area contributed by atoms with E-state index in [0.29, 0.717) is 0 Å². The first-order valence-corrected chi connectivity index (χ1v) is 6.61. The lowest BCUT2D eigenvalue weighted by Gasteiger charge is -2.20. The first-order chi connectivity index (χ1) is 9.36. The van der Waals surface area contributed by atoms with Crippen molar-refractivity contribution in [2.24, 2.45) is 0 Å². The molecule has 0 N–H and O–H groups in total. The van der Waals surface area contributed by atoms with Gasteiger partial charge in [-0.25, -0.2) is 8.60 Å². The van der Waals surface area contributed by atoms with Gasteiger partial charge < -0.3 is 4.74 Å². The fraction of sp³-hybridized carbons (Fsp3) is 0.0769. The Morgan fingerprint density at radius 3 is 2.40 bits per heavy atom. The summed E-state index contributed by atoms with van der Waals surface area (Å²) < 4.78 is 68.6. The number of ether oxygens (including phenoxy) is 1. The third-order valence-electron chi connectivity index (χ3n) is 2.80. The fourth-order valence-electron chi connectivity index (χ4n) is 1.87. The highest BCUT2D eigenvalue weighted by molar-refractivity contribution is 7.85. The topological polar surface area (TPSA) is 26.3 Å². The molecule has 0 aliphatic carbocycles. The fourth-order valence-corrected chi connectivity index (χ4v) is 3.10. The van der Waals surface area contributed by atoms with Crippen molar-refractivity contribution in [2.45, 2.75) is 16.0 Å². The lowest BCUT2D eigenvalue weighted by atomic mass is 10.2. The first kappa shape index (κ1) is 13.1. The first-order valence-electron chi connectivity index (χ1n) is 5.47. The quantitative estimate of drug-likeness (QED) is 0.584. The Kier molecular flexibility index (Phi) is 2.82. The molecule has 0 aromatic heterocycles. The highest BCUT2D eigenvalue weighted by Gasteiger charge is 2.33. The van der Waals surface area contributed by atoms with Crippen LogP contribution in [0.4, 0.5) is 17.6 Å². The number of hydrogen-bond acceptors (Lipinski definition) is 2. The Balaban J connectivity index is 2.13. The maximum Gasteiger partial charge on any atom is 0.416 e. The van der Waals surface area contributed by atoms with Crippen LogP contribution in [0.15, 0.2) is 46.2 Å². The molecule has 1 aliphatic rings. The van der Waals surface area contributed by atoms with Crippen molar-refractivity contribution in [2.75, 3.05) is 0 Å². The summed E-state index contributed by atoms with van der Waals surface area (Å²) in [5.41, 5.74) is -0.904. The summed E-state index contributed by atoms with van der Waals surface area (Å²) in [6.07, 6.45) is -4.53. The zero-order valence-corrected chi connectivity index (χ0v) is 10.5. The Labute approximate surface area is 113 Å². The molecule has 3 rings (SSSR count). The van der Waals surface area contributed by atoms with E-state index >= 15 is 0 Å². The zero-order chi connectivity index (χ0) is 14.5. The van der Waals surface area contributed by atoms with Crippen LogP contribution in [0.3, 0.4) is 0 Å². The van der Waals surface area contributed by atoms with Gasteiger partial charge in [0.05, 0.1) is 26.2 Å². The third-order valence-corrected chi connectivity index (χ3v) is 4.25. The minimum atomic E-state index is -4.53. The maximum absolute atomic E-state index is 13.1. The van der Waals surface area contributed by atoms with E-state index in [-0.39, 0.29) is 21.3 Å². The summed E-state index contributed by atoms with van der Waals surface area (Å²) in [4.78, 5) is 0.0807. The van der Waals surface area contributed by atoms with Crippen LogP contribution in [-0.4, -0.2) is 4.21 Å². The predicted molar refractivity (Wildman–Crippen MR) is 62.6 cm³/mol. The van der Waals surface area contributed by atoms with E-state index in [2.05, 4.69) is 0 Å². The van der Waals surface area contributed by atoms with Crippen molar-refractivity contribution < 1.29 is 26.5 Å². The van der Waals surface area contributed by atoms with E-state index in [1.165, 1.54) is 6.07 Å². The molecule has 7 heteroatoms. The minimum absolute atomic E-state index is 0.0365. The Morgan fingerprint density at radius 2 is 1.70 bits per heavy atom. The van der Waals surface area contributed by atoms with Crippen molar-refractivity contribution in [1.82, 2.24) is 0 Å². The summed E-state index contributed by atoms with van der Waals surface area (Å²) in [7, 11) is -1.84. The predicted octanol–water partition coefficient (Wildman–Crippen LogP) is 4.12. The molecule has 1 aliphatic heterocycles. The summed E-state index contributed by atoms with van der Waals surface area (Å²) in [6.45, 7) is 0. The average molecular weight is 302 g/mol. The number of hydrogen-bond donors (Lipinski definition) is 0. The molecule has 1 heterocycles. The van der Waals surface area contributed by atoms with E-state index in [9.17, 15) is 21.8 Å². The van der Waals surface area contributed by atoms with Crippen LogP contribution in [0.1, 0.15) is 5.56 Å². The van der Waals surface area contributed by atoms with Crippen LogP contribution in [0, 0.1) is 5.82 Å².